The molecule has 0 saturated heterocycles. The molecule has 2 aromatic rings. The fraction of sp³-hybridized carbons (Fsp3) is 0.438. The predicted molar refractivity (Wildman–Crippen MR) is 84.1 cm³/mol. The lowest BCUT2D eigenvalue weighted by atomic mass is 9.99. The molecule has 3 nitrogen and oxygen atoms in total. The van der Waals surface area contributed by atoms with E-state index in [4.69, 9.17) is 11.6 Å². The molecule has 1 aromatic carbocycles. The van der Waals surface area contributed by atoms with Crippen LogP contribution in [0.3, 0.4) is 0 Å². The van der Waals surface area contributed by atoms with Crippen molar-refractivity contribution >= 4 is 11.6 Å². The second-order valence-electron chi connectivity index (χ2n) is 5.30. The molecular formula is C16H21ClFN3. The van der Waals surface area contributed by atoms with Crippen molar-refractivity contribution in [3.05, 3.63) is 52.1 Å². The second-order valence-corrected chi connectivity index (χ2v) is 5.71. The van der Waals surface area contributed by atoms with Gasteiger partial charge < -0.3 is 5.32 Å². The Morgan fingerprint density at radius 1 is 1.43 bits per heavy atom. The SMILES string of the molecule is CCCNC(Cc1ccc(F)c(Cl)c1)c1cn(C)nc1C. The third-order valence-electron chi connectivity index (χ3n) is 3.49. The van der Waals surface area contributed by atoms with E-state index in [9.17, 15) is 4.39 Å². The van der Waals surface area contributed by atoms with E-state index in [-0.39, 0.29) is 16.9 Å². The highest BCUT2D eigenvalue weighted by Crippen LogP contribution is 2.24. The molecule has 0 aliphatic heterocycles. The smallest absolute Gasteiger partial charge is 0.141 e. The number of benzene rings is 1. The number of aryl methyl sites for hydroxylation is 2. The monoisotopic (exact) mass is 309 g/mol. The molecule has 0 spiro atoms. The maximum Gasteiger partial charge on any atom is 0.141 e. The Balaban J connectivity index is 2.23. The third-order valence-corrected chi connectivity index (χ3v) is 3.78. The van der Waals surface area contributed by atoms with Crippen LogP contribution in [0.15, 0.2) is 24.4 Å². The van der Waals surface area contributed by atoms with Gasteiger partial charge in [0.05, 0.1) is 10.7 Å². The number of aromatic nitrogens is 2. The number of halogens is 2. The minimum atomic E-state index is -0.379. The van der Waals surface area contributed by atoms with Crippen molar-refractivity contribution in [3.8, 4) is 0 Å². The Morgan fingerprint density at radius 3 is 2.76 bits per heavy atom. The van der Waals surface area contributed by atoms with Crippen molar-refractivity contribution in [3.63, 3.8) is 0 Å². The van der Waals surface area contributed by atoms with Crippen LogP contribution in [0, 0.1) is 12.7 Å². The Kier molecular flexibility index (Phi) is 5.37. The van der Waals surface area contributed by atoms with Gasteiger partial charge in [-0.1, -0.05) is 24.6 Å². The van der Waals surface area contributed by atoms with Crippen molar-refractivity contribution < 1.29 is 4.39 Å². The molecule has 0 aliphatic rings. The number of nitrogens with zero attached hydrogens (tertiary/aromatic N) is 2. The zero-order valence-electron chi connectivity index (χ0n) is 12.7. The maximum absolute atomic E-state index is 13.3. The van der Waals surface area contributed by atoms with Crippen LogP contribution in [0.4, 0.5) is 4.39 Å². The first-order valence-corrected chi connectivity index (χ1v) is 7.56. The van der Waals surface area contributed by atoms with E-state index in [1.165, 1.54) is 11.6 Å². The van der Waals surface area contributed by atoms with Crippen LogP contribution in [-0.2, 0) is 13.5 Å². The molecule has 5 heteroatoms. The largest absolute Gasteiger partial charge is 0.310 e. The van der Waals surface area contributed by atoms with Crippen LogP contribution in [0.2, 0.25) is 5.02 Å². The van der Waals surface area contributed by atoms with Gasteiger partial charge in [0.2, 0.25) is 0 Å². The minimum absolute atomic E-state index is 0.153. The topological polar surface area (TPSA) is 29.9 Å². The fourth-order valence-corrected chi connectivity index (χ4v) is 2.68. The van der Waals surface area contributed by atoms with Gasteiger partial charge in [-0.15, -0.1) is 0 Å². The molecule has 0 saturated carbocycles. The van der Waals surface area contributed by atoms with E-state index in [0.717, 1.165) is 30.6 Å². The van der Waals surface area contributed by atoms with Crippen molar-refractivity contribution in [1.29, 1.82) is 0 Å². The van der Waals surface area contributed by atoms with Crippen LogP contribution in [-0.4, -0.2) is 16.3 Å². The average molecular weight is 310 g/mol. The number of hydrogen-bond donors (Lipinski definition) is 1. The summed E-state index contributed by atoms with van der Waals surface area (Å²) in [6.07, 6.45) is 3.85. The number of hydrogen-bond acceptors (Lipinski definition) is 2. The Hall–Kier alpha value is -1.39. The molecule has 0 aliphatic carbocycles. The van der Waals surface area contributed by atoms with Gasteiger partial charge >= 0.3 is 0 Å². The van der Waals surface area contributed by atoms with Gasteiger partial charge in [-0.3, -0.25) is 4.68 Å². The highest BCUT2D eigenvalue weighted by Gasteiger charge is 2.17. The minimum Gasteiger partial charge on any atom is -0.310 e. The summed E-state index contributed by atoms with van der Waals surface area (Å²) < 4.78 is 15.1. The highest BCUT2D eigenvalue weighted by atomic mass is 35.5. The van der Waals surface area contributed by atoms with E-state index < -0.39 is 0 Å². The number of nitrogens with one attached hydrogen (secondary N) is 1. The molecule has 2 rings (SSSR count). The molecule has 1 atom stereocenters. The Bertz CT molecular complexity index is 610. The van der Waals surface area contributed by atoms with Gasteiger partial charge in [0.25, 0.3) is 0 Å². The van der Waals surface area contributed by atoms with Crippen LogP contribution >= 0.6 is 11.6 Å². The first kappa shape index (κ1) is 16.0. The van der Waals surface area contributed by atoms with Gasteiger partial charge in [-0.25, -0.2) is 4.39 Å². The van der Waals surface area contributed by atoms with Gasteiger partial charge in [0.1, 0.15) is 5.82 Å². The summed E-state index contributed by atoms with van der Waals surface area (Å²) in [5, 5.41) is 8.11. The van der Waals surface area contributed by atoms with Crippen molar-refractivity contribution in [2.45, 2.75) is 32.7 Å². The summed E-state index contributed by atoms with van der Waals surface area (Å²) in [6, 6.07) is 5.06. The number of rotatable bonds is 6. The fourth-order valence-electron chi connectivity index (χ4n) is 2.47. The molecule has 0 bridgehead atoms. The molecule has 0 amide bonds. The van der Waals surface area contributed by atoms with Gasteiger partial charge in [0, 0.05) is 24.8 Å². The van der Waals surface area contributed by atoms with Crippen LogP contribution in [0.5, 0.6) is 0 Å². The lowest BCUT2D eigenvalue weighted by Crippen LogP contribution is -2.24. The summed E-state index contributed by atoms with van der Waals surface area (Å²) in [7, 11) is 1.92. The molecule has 0 radical (unpaired) electrons. The summed E-state index contributed by atoms with van der Waals surface area (Å²) in [4.78, 5) is 0. The van der Waals surface area contributed by atoms with Gasteiger partial charge in [-0.2, -0.15) is 5.10 Å². The zero-order valence-corrected chi connectivity index (χ0v) is 13.4. The zero-order chi connectivity index (χ0) is 15.4. The summed E-state index contributed by atoms with van der Waals surface area (Å²) in [5.41, 5.74) is 3.20. The molecule has 1 heterocycles. The molecular weight excluding hydrogens is 289 g/mol. The predicted octanol–water partition coefficient (Wildman–Crippen LogP) is 3.80. The normalized spacial score (nSPS) is 12.6. The van der Waals surface area contributed by atoms with Crippen molar-refractivity contribution in [2.75, 3.05) is 6.54 Å². The van der Waals surface area contributed by atoms with E-state index in [0.29, 0.717) is 0 Å². The highest BCUT2D eigenvalue weighted by molar-refractivity contribution is 6.30. The van der Waals surface area contributed by atoms with E-state index in [2.05, 4.69) is 17.3 Å². The molecule has 21 heavy (non-hydrogen) atoms. The summed E-state index contributed by atoms with van der Waals surface area (Å²) >= 11 is 5.87. The van der Waals surface area contributed by atoms with Crippen LogP contribution in [0.1, 0.15) is 36.2 Å². The average Bonchev–Trinajstić information content (AvgIpc) is 2.77. The quantitative estimate of drug-likeness (QED) is 0.879. The second kappa shape index (κ2) is 7.05. The Labute approximate surface area is 130 Å². The third kappa shape index (κ3) is 4.05. The maximum atomic E-state index is 13.3. The molecule has 1 aromatic heterocycles. The van der Waals surface area contributed by atoms with E-state index in [1.807, 2.05) is 24.9 Å². The van der Waals surface area contributed by atoms with Crippen LogP contribution < -0.4 is 5.32 Å². The van der Waals surface area contributed by atoms with Gasteiger partial charge in [0.15, 0.2) is 0 Å². The van der Waals surface area contributed by atoms with Gasteiger partial charge in [-0.05, 0) is 44.0 Å². The van der Waals surface area contributed by atoms with E-state index >= 15 is 0 Å². The molecule has 1 N–H and O–H groups in total. The lowest BCUT2D eigenvalue weighted by molar-refractivity contribution is 0.526. The molecule has 1 unspecified atom stereocenters. The first-order valence-electron chi connectivity index (χ1n) is 7.18. The summed E-state index contributed by atoms with van der Waals surface area (Å²) in [5.74, 6) is -0.379. The van der Waals surface area contributed by atoms with E-state index in [1.54, 1.807) is 12.1 Å². The first-order chi connectivity index (χ1) is 10.0. The van der Waals surface area contributed by atoms with Crippen LogP contribution in [0.25, 0.3) is 0 Å². The molecule has 0 fully saturated rings. The summed E-state index contributed by atoms with van der Waals surface area (Å²) in [6.45, 7) is 5.07. The lowest BCUT2D eigenvalue weighted by Gasteiger charge is -2.18. The van der Waals surface area contributed by atoms with Crippen molar-refractivity contribution in [1.82, 2.24) is 15.1 Å². The standard InChI is InChI=1S/C16H21ClFN3/c1-4-7-19-16(13-10-21(3)20-11(13)2)9-12-5-6-15(18)14(17)8-12/h5-6,8,10,16,19H,4,7,9H2,1-3H3. The molecule has 114 valence electrons. The van der Waals surface area contributed by atoms with Crippen molar-refractivity contribution in [2.24, 2.45) is 7.05 Å². The Morgan fingerprint density at radius 2 is 2.19 bits per heavy atom.